The van der Waals surface area contributed by atoms with Gasteiger partial charge in [-0.3, -0.25) is 0 Å². The van der Waals surface area contributed by atoms with Crippen molar-refractivity contribution in [3.8, 4) is 11.1 Å². The summed E-state index contributed by atoms with van der Waals surface area (Å²) in [5.74, 6) is 0. The first kappa shape index (κ1) is 26.5. The molecule has 1 heteroatoms. The van der Waals surface area contributed by atoms with Gasteiger partial charge in [0.2, 0.25) is 0 Å². The Morgan fingerprint density at radius 1 is 0.535 bits per heavy atom. The summed E-state index contributed by atoms with van der Waals surface area (Å²) in [6.45, 7) is 2.13. The molecule has 7 aromatic rings. The molecule has 0 heterocycles. The summed E-state index contributed by atoms with van der Waals surface area (Å²) in [6.07, 6.45) is 7.63. The van der Waals surface area contributed by atoms with Crippen molar-refractivity contribution in [2.24, 2.45) is 0 Å². The van der Waals surface area contributed by atoms with Crippen molar-refractivity contribution in [1.82, 2.24) is 0 Å². The summed E-state index contributed by atoms with van der Waals surface area (Å²) in [7, 11) is 0. The van der Waals surface area contributed by atoms with Gasteiger partial charge in [-0.15, -0.1) is 0 Å². The Morgan fingerprint density at radius 3 is 1.81 bits per heavy atom. The van der Waals surface area contributed by atoms with Gasteiger partial charge in [-0.1, -0.05) is 146 Å². The van der Waals surface area contributed by atoms with Crippen LogP contribution in [0.1, 0.15) is 12.5 Å². The van der Waals surface area contributed by atoms with E-state index in [0.717, 1.165) is 17.8 Å². The largest absolute Gasteiger partial charge is 0.310 e. The predicted molar refractivity (Wildman–Crippen MR) is 186 cm³/mol. The van der Waals surface area contributed by atoms with Gasteiger partial charge in [-0.25, -0.2) is 0 Å². The highest BCUT2D eigenvalue weighted by Gasteiger charge is 2.16. The van der Waals surface area contributed by atoms with Gasteiger partial charge in [0.15, 0.2) is 0 Å². The summed E-state index contributed by atoms with van der Waals surface area (Å²) in [4.78, 5) is 2.38. The van der Waals surface area contributed by atoms with Gasteiger partial charge < -0.3 is 4.90 Å². The first-order valence-corrected chi connectivity index (χ1v) is 15.0. The van der Waals surface area contributed by atoms with Gasteiger partial charge in [0.25, 0.3) is 0 Å². The first-order chi connectivity index (χ1) is 21.3. The molecule has 206 valence electrons. The minimum absolute atomic E-state index is 0.863. The zero-order valence-electron chi connectivity index (χ0n) is 24.3. The van der Waals surface area contributed by atoms with Crippen LogP contribution < -0.4 is 4.90 Å². The second kappa shape index (κ2) is 11.8. The topological polar surface area (TPSA) is 3.24 Å². The molecule has 0 unspecified atom stereocenters. The maximum absolute atomic E-state index is 2.38. The molecule has 0 aromatic heterocycles. The SMILES string of the molecule is C/C=C(\C=C/Cc1cccc2ccccc12)N(c1ccc(-c2cccc3ccccc23)cc1)c1cccc2ccccc12. The molecule has 0 aliphatic rings. The average Bonchev–Trinajstić information content (AvgIpc) is 3.08. The Bertz CT molecular complexity index is 2100. The molecule has 0 aliphatic heterocycles. The average molecular weight is 552 g/mol. The highest BCUT2D eigenvalue weighted by atomic mass is 15.1. The van der Waals surface area contributed by atoms with Crippen LogP contribution in [0.5, 0.6) is 0 Å². The Hall–Kier alpha value is -5.40. The van der Waals surface area contributed by atoms with Crippen LogP contribution in [-0.4, -0.2) is 0 Å². The standard InChI is InChI=1S/C42H33N/c1-2-36(21-10-18-32-17-9-16-31-13-3-6-22-38(31)32)43(42-26-12-20-34-15-5-8-24-41(34)42)37-29-27-35(28-30-37)40-25-11-19-33-14-4-7-23-39(33)40/h2-17,19-30H,18H2,1H3/b21-10-,36-2+. The van der Waals surface area contributed by atoms with Gasteiger partial charge >= 0.3 is 0 Å². The summed E-state index contributed by atoms with van der Waals surface area (Å²) in [5, 5.41) is 7.58. The smallest absolute Gasteiger partial charge is 0.0539 e. The van der Waals surface area contributed by atoms with Crippen molar-refractivity contribution in [2.75, 3.05) is 4.90 Å². The van der Waals surface area contributed by atoms with Crippen molar-refractivity contribution < 1.29 is 0 Å². The molecule has 0 spiro atoms. The van der Waals surface area contributed by atoms with Crippen molar-refractivity contribution in [2.45, 2.75) is 13.3 Å². The van der Waals surface area contributed by atoms with Gasteiger partial charge in [0.05, 0.1) is 5.69 Å². The molecule has 0 bridgehead atoms. The maximum atomic E-state index is 2.38. The maximum Gasteiger partial charge on any atom is 0.0539 e. The first-order valence-electron chi connectivity index (χ1n) is 15.0. The van der Waals surface area contributed by atoms with Crippen molar-refractivity contribution in [3.63, 3.8) is 0 Å². The molecule has 7 rings (SSSR count). The molecule has 0 saturated heterocycles. The quantitative estimate of drug-likeness (QED) is 0.178. The Morgan fingerprint density at radius 2 is 1.09 bits per heavy atom. The lowest BCUT2D eigenvalue weighted by atomic mass is 9.98. The third-order valence-corrected chi connectivity index (χ3v) is 8.29. The van der Waals surface area contributed by atoms with E-state index in [-0.39, 0.29) is 0 Å². The minimum Gasteiger partial charge on any atom is -0.310 e. The third kappa shape index (κ3) is 5.22. The van der Waals surface area contributed by atoms with E-state index in [1.165, 1.54) is 54.7 Å². The molecule has 0 aliphatic carbocycles. The minimum atomic E-state index is 0.863. The molecule has 7 aromatic carbocycles. The fourth-order valence-electron chi connectivity index (χ4n) is 6.17. The number of hydrogen-bond donors (Lipinski definition) is 0. The van der Waals surface area contributed by atoms with Crippen LogP contribution in [0.4, 0.5) is 11.4 Å². The number of rotatable bonds is 7. The normalized spacial score (nSPS) is 12.0. The van der Waals surface area contributed by atoms with Crippen molar-refractivity contribution >= 4 is 43.7 Å². The van der Waals surface area contributed by atoms with Gasteiger partial charge in [-0.05, 0) is 81.2 Å². The van der Waals surface area contributed by atoms with E-state index in [4.69, 9.17) is 0 Å². The molecule has 0 fully saturated rings. The molecular formula is C42H33N. The number of allylic oxidation sites excluding steroid dienone is 3. The second-order valence-corrected chi connectivity index (χ2v) is 10.9. The van der Waals surface area contributed by atoms with Crippen LogP contribution in [-0.2, 0) is 6.42 Å². The highest BCUT2D eigenvalue weighted by molar-refractivity contribution is 5.99. The molecular weight excluding hydrogens is 518 g/mol. The van der Waals surface area contributed by atoms with Crippen LogP contribution in [0.2, 0.25) is 0 Å². The van der Waals surface area contributed by atoms with E-state index in [1.54, 1.807) is 0 Å². The van der Waals surface area contributed by atoms with Crippen LogP contribution in [0, 0.1) is 0 Å². The van der Waals surface area contributed by atoms with E-state index < -0.39 is 0 Å². The monoisotopic (exact) mass is 551 g/mol. The van der Waals surface area contributed by atoms with E-state index in [1.807, 2.05) is 0 Å². The van der Waals surface area contributed by atoms with Crippen LogP contribution >= 0.6 is 0 Å². The van der Waals surface area contributed by atoms with Crippen molar-refractivity contribution in [3.05, 3.63) is 181 Å². The zero-order chi connectivity index (χ0) is 29.0. The highest BCUT2D eigenvalue weighted by Crippen LogP contribution is 2.38. The number of nitrogens with zero attached hydrogens (tertiary/aromatic N) is 1. The lowest BCUT2D eigenvalue weighted by Crippen LogP contribution is -2.15. The zero-order valence-corrected chi connectivity index (χ0v) is 24.3. The van der Waals surface area contributed by atoms with E-state index in [0.29, 0.717) is 0 Å². The lowest BCUT2D eigenvalue weighted by Gasteiger charge is -2.28. The number of anilines is 2. The third-order valence-electron chi connectivity index (χ3n) is 8.29. The van der Waals surface area contributed by atoms with Crippen LogP contribution in [0.3, 0.4) is 0 Å². The number of hydrogen-bond acceptors (Lipinski definition) is 1. The fraction of sp³-hybridized carbons (Fsp3) is 0.0476. The molecule has 1 nitrogen and oxygen atoms in total. The molecule has 0 amide bonds. The Balaban J connectivity index is 1.29. The molecule has 43 heavy (non-hydrogen) atoms. The predicted octanol–water partition coefficient (Wildman–Crippen LogP) is 11.7. The lowest BCUT2D eigenvalue weighted by molar-refractivity contribution is 1.19. The van der Waals surface area contributed by atoms with E-state index in [2.05, 4.69) is 182 Å². The van der Waals surface area contributed by atoms with E-state index in [9.17, 15) is 0 Å². The second-order valence-electron chi connectivity index (χ2n) is 10.9. The summed E-state index contributed by atoms with van der Waals surface area (Å²) >= 11 is 0. The summed E-state index contributed by atoms with van der Waals surface area (Å²) in [5.41, 5.74) is 7.23. The number of benzene rings is 7. The van der Waals surface area contributed by atoms with Crippen LogP contribution in [0.15, 0.2) is 176 Å². The van der Waals surface area contributed by atoms with Crippen LogP contribution in [0.25, 0.3) is 43.4 Å². The van der Waals surface area contributed by atoms with Gasteiger partial charge in [-0.2, -0.15) is 0 Å². The Labute approximate surface area is 253 Å². The molecule has 0 atom stereocenters. The molecule has 0 N–H and O–H groups in total. The number of fused-ring (bicyclic) bond motifs is 3. The van der Waals surface area contributed by atoms with Gasteiger partial charge in [0, 0.05) is 16.8 Å². The van der Waals surface area contributed by atoms with Gasteiger partial charge in [0.1, 0.15) is 0 Å². The molecule has 0 saturated carbocycles. The Kier molecular flexibility index (Phi) is 7.29. The summed E-state index contributed by atoms with van der Waals surface area (Å²) < 4.78 is 0. The molecule has 0 radical (unpaired) electrons. The van der Waals surface area contributed by atoms with Crippen molar-refractivity contribution in [1.29, 1.82) is 0 Å². The fourth-order valence-corrected chi connectivity index (χ4v) is 6.17. The van der Waals surface area contributed by atoms with E-state index >= 15 is 0 Å². The summed E-state index contributed by atoms with van der Waals surface area (Å²) in [6, 6.07) is 54.6.